The number of amides is 2. The van der Waals surface area contributed by atoms with Crippen molar-refractivity contribution in [2.24, 2.45) is 0 Å². The molecule has 0 saturated carbocycles. The second-order valence-corrected chi connectivity index (χ2v) is 10.5. The first-order valence-electron chi connectivity index (χ1n) is 11.0. The van der Waals surface area contributed by atoms with Gasteiger partial charge in [0.25, 0.3) is 11.8 Å². The second-order valence-electron chi connectivity index (χ2n) is 7.66. The number of hydrogen-bond acceptors (Lipinski definition) is 7. The summed E-state index contributed by atoms with van der Waals surface area (Å²) in [7, 11) is -3.16. The van der Waals surface area contributed by atoms with Crippen LogP contribution in [0.1, 0.15) is 47.5 Å². The molecule has 3 N–H and O–H groups in total. The minimum Gasteiger partial charge on any atom is -0.348 e. The van der Waals surface area contributed by atoms with Gasteiger partial charge in [0.05, 0.1) is 40.7 Å². The molecule has 1 aromatic carbocycles. The molecule has 10 nitrogen and oxygen atoms in total. The highest BCUT2D eigenvalue weighted by Gasteiger charge is 2.30. The number of nitrogens with one attached hydrogen (secondary N) is 3. The summed E-state index contributed by atoms with van der Waals surface area (Å²) in [6, 6.07) is 4.65. The Hall–Kier alpha value is -1.94. The normalized spacial score (nSPS) is 15.3. The number of likely N-dealkylation sites (tertiary alicyclic amines) is 1. The number of H-pyrrole nitrogens is 1. The highest BCUT2D eigenvalue weighted by Crippen LogP contribution is 2.48. The number of carbonyl (C=O) groups excluding carboxylic acids is 2. The van der Waals surface area contributed by atoms with Gasteiger partial charge >= 0.3 is 7.60 Å². The largest absolute Gasteiger partial charge is 0.348 e. The van der Waals surface area contributed by atoms with Gasteiger partial charge in [0.1, 0.15) is 12.0 Å². The Morgan fingerprint density at radius 1 is 1.15 bits per heavy atom. The molecule has 1 aromatic heterocycles. The topological polar surface area (TPSA) is 126 Å². The van der Waals surface area contributed by atoms with Crippen molar-refractivity contribution in [2.75, 3.05) is 37.9 Å². The van der Waals surface area contributed by atoms with Crippen LogP contribution in [0.5, 0.6) is 0 Å². The van der Waals surface area contributed by atoms with E-state index in [0.29, 0.717) is 39.1 Å². The number of rotatable bonds is 10. The maximum Gasteiger partial charge on any atom is 0.344 e. The number of nitrogens with zero attached hydrogens (tertiary/aromatic N) is 2. The summed E-state index contributed by atoms with van der Waals surface area (Å²) < 4.78 is 23.5. The van der Waals surface area contributed by atoms with E-state index in [9.17, 15) is 14.2 Å². The third-order valence-corrected chi connectivity index (χ3v) is 7.93. The van der Waals surface area contributed by atoms with Gasteiger partial charge in [-0.15, -0.1) is 0 Å². The molecule has 186 valence electrons. The number of carbonyl (C=O) groups is 2. The predicted octanol–water partition coefficient (Wildman–Crippen LogP) is 4.39. The summed E-state index contributed by atoms with van der Waals surface area (Å²) in [4.78, 5) is 27.5. The molecule has 2 heterocycles. The first-order valence-corrected chi connectivity index (χ1v) is 13.4. The van der Waals surface area contributed by atoms with E-state index >= 15 is 0 Å². The van der Waals surface area contributed by atoms with Gasteiger partial charge in [-0.05, 0) is 38.8 Å². The summed E-state index contributed by atoms with van der Waals surface area (Å²) in [5, 5.41) is 12.5. The minimum atomic E-state index is -3.16. The number of halogens is 2. The summed E-state index contributed by atoms with van der Waals surface area (Å²) in [6.07, 6.45) is 2.89. The van der Waals surface area contributed by atoms with Crippen molar-refractivity contribution in [3.05, 3.63) is 45.7 Å². The van der Waals surface area contributed by atoms with Gasteiger partial charge in [-0.3, -0.25) is 24.2 Å². The molecule has 1 aliphatic heterocycles. The van der Waals surface area contributed by atoms with Gasteiger partial charge in [0.2, 0.25) is 0 Å². The highest BCUT2D eigenvalue weighted by molar-refractivity contribution is 7.53. The molecule has 0 radical (unpaired) electrons. The molecule has 0 unspecified atom stereocenters. The Bertz CT molecular complexity index is 1030. The quantitative estimate of drug-likeness (QED) is 0.388. The standard InChI is InChI=1S/C21H28Cl2N5O5P/c1-3-32-34(31,33-4-2)13-28-10-8-14(9-11-28)25-21(30)19-17(12-24-27-19)26-20(29)18-15(22)6-5-7-16(18)23/h5-7,12,14H,3-4,8-11,13H2,1-2H3,(H,24,27)(H,25,30)(H,26,29). The molecule has 2 amide bonds. The number of hydrogen-bond donors (Lipinski definition) is 3. The van der Waals surface area contributed by atoms with Gasteiger partial charge in [-0.25, -0.2) is 0 Å². The Morgan fingerprint density at radius 2 is 1.76 bits per heavy atom. The Morgan fingerprint density at radius 3 is 2.35 bits per heavy atom. The summed E-state index contributed by atoms with van der Waals surface area (Å²) >= 11 is 12.2. The van der Waals surface area contributed by atoms with E-state index in [2.05, 4.69) is 20.8 Å². The number of aromatic nitrogens is 2. The van der Waals surface area contributed by atoms with Crippen molar-refractivity contribution in [1.29, 1.82) is 0 Å². The number of benzene rings is 1. The average molecular weight is 532 g/mol. The lowest BCUT2D eigenvalue weighted by Crippen LogP contribution is -2.45. The van der Waals surface area contributed by atoms with Gasteiger partial charge in [0.15, 0.2) is 0 Å². The van der Waals surface area contributed by atoms with Gasteiger partial charge < -0.3 is 19.7 Å². The van der Waals surface area contributed by atoms with Crippen LogP contribution in [-0.4, -0.2) is 65.5 Å². The lowest BCUT2D eigenvalue weighted by atomic mass is 10.1. The van der Waals surface area contributed by atoms with Crippen LogP contribution in [0, 0.1) is 0 Å². The molecule has 0 aliphatic carbocycles. The molecule has 1 aliphatic rings. The summed E-state index contributed by atoms with van der Waals surface area (Å²) in [6.45, 7) is 5.45. The third-order valence-electron chi connectivity index (χ3n) is 5.25. The van der Waals surface area contributed by atoms with E-state index in [-0.39, 0.29) is 39.3 Å². The van der Waals surface area contributed by atoms with Crippen molar-refractivity contribution < 1.29 is 23.2 Å². The minimum absolute atomic E-state index is 0.0906. The zero-order chi connectivity index (χ0) is 24.7. The van der Waals surface area contributed by atoms with Crippen LogP contribution in [0.15, 0.2) is 24.4 Å². The van der Waals surface area contributed by atoms with Crippen molar-refractivity contribution in [2.45, 2.75) is 32.7 Å². The first-order chi connectivity index (χ1) is 16.3. The summed E-state index contributed by atoms with van der Waals surface area (Å²) in [5.74, 6) is -0.946. The lowest BCUT2D eigenvalue weighted by molar-refractivity contribution is 0.0907. The lowest BCUT2D eigenvalue weighted by Gasteiger charge is -2.33. The van der Waals surface area contributed by atoms with E-state index in [4.69, 9.17) is 32.2 Å². The van der Waals surface area contributed by atoms with Crippen LogP contribution in [0.3, 0.4) is 0 Å². The molecule has 0 bridgehead atoms. The highest BCUT2D eigenvalue weighted by atomic mass is 35.5. The molecule has 0 spiro atoms. The Kier molecular flexibility index (Phi) is 9.53. The molecule has 34 heavy (non-hydrogen) atoms. The monoisotopic (exact) mass is 531 g/mol. The van der Waals surface area contributed by atoms with Crippen LogP contribution < -0.4 is 10.6 Å². The van der Waals surface area contributed by atoms with Crippen molar-refractivity contribution >= 4 is 48.3 Å². The van der Waals surface area contributed by atoms with Crippen LogP contribution in [0.2, 0.25) is 10.0 Å². The fourth-order valence-corrected chi connectivity index (χ4v) is 6.05. The first kappa shape index (κ1) is 26.7. The van der Waals surface area contributed by atoms with Crippen LogP contribution in [-0.2, 0) is 13.6 Å². The molecule has 2 aromatic rings. The molecular weight excluding hydrogens is 504 g/mol. The van der Waals surface area contributed by atoms with E-state index in [1.165, 1.54) is 6.20 Å². The zero-order valence-electron chi connectivity index (χ0n) is 19.0. The van der Waals surface area contributed by atoms with Gasteiger partial charge in [0, 0.05) is 19.1 Å². The van der Waals surface area contributed by atoms with Crippen LogP contribution in [0.25, 0.3) is 0 Å². The number of anilines is 1. The fourth-order valence-electron chi connectivity index (χ4n) is 3.69. The number of aromatic amines is 1. The molecule has 0 atom stereocenters. The predicted molar refractivity (Wildman–Crippen MR) is 131 cm³/mol. The fraction of sp³-hybridized carbons (Fsp3) is 0.476. The van der Waals surface area contributed by atoms with Gasteiger partial charge in [-0.1, -0.05) is 29.3 Å². The van der Waals surface area contributed by atoms with Crippen molar-refractivity contribution in [1.82, 2.24) is 20.4 Å². The zero-order valence-corrected chi connectivity index (χ0v) is 21.4. The van der Waals surface area contributed by atoms with Gasteiger partial charge in [-0.2, -0.15) is 5.10 Å². The molecule has 3 rings (SSSR count). The maximum atomic E-state index is 12.8. The van der Waals surface area contributed by atoms with E-state index in [1.807, 2.05) is 4.90 Å². The average Bonchev–Trinajstić information content (AvgIpc) is 3.23. The van der Waals surface area contributed by atoms with Crippen LogP contribution in [0.4, 0.5) is 5.69 Å². The third kappa shape index (κ3) is 6.81. The SMILES string of the molecule is CCOP(=O)(CN1CCC(NC(=O)c2[nH]ncc2NC(=O)c2c(Cl)cccc2Cl)CC1)OCC. The second kappa shape index (κ2) is 12.2. The van der Waals surface area contributed by atoms with Crippen molar-refractivity contribution in [3.63, 3.8) is 0 Å². The molecular formula is C21H28Cl2N5O5P. The van der Waals surface area contributed by atoms with Crippen molar-refractivity contribution in [3.8, 4) is 0 Å². The van der Waals surface area contributed by atoms with E-state index in [1.54, 1.807) is 32.0 Å². The molecule has 1 saturated heterocycles. The van der Waals surface area contributed by atoms with Crippen LogP contribution >= 0.6 is 30.8 Å². The van der Waals surface area contributed by atoms with E-state index in [0.717, 1.165) is 0 Å². The Labute approximate surface area is 208 Å². The summed E-state index contributed by atoms with van der Waals surface area (Å²) in [5.41, 5.74) is 0.448. The Balaban J connectivity index is 1.56. The maximum absolute atomic E-state index is 12.8. The van der Waals surface area contributed by atoms with E-state index < -0.39 is 19.4 Å². The molecule has 1 fully saturated rings. The number of piperidine rings is 1. The molecule has 13 heteroatoms. The smallest absolute Gasteiger partial charge is 0.344 e.